The highest BCUT2D eigenvalue weighted by Gasteiger charge is 2.31. The minimum absolute atomic E-state index is 0.0376. The molecule has 0 aromatic heterocycles. The molecule has 2 N–H and O–H groups in total. The van der Waals surface area contributed by atoms with Gasteiger partial charge in [0.2, 0.25) is 0 Å². The van der Waals surface area contributed by atoms with Crippen molar-refractivity contribution in [1.82, 2.24) is 0 Å². The molecule has 2 rings (SSSR count). The zero-order chi connectivity index (χ0) is 20.4. The molecule has 144 valence electrons. The molecule has 0 radical (unpaired) electrons. The maximum atomic E-state index is 12.7. The molecule has 0 saturated heterocycles. The number of carbonyl (C=O) groups is 2. The van der Waals surface area contributed by atoms with Crippen LogP contribution in [0.1, 0.15) is 22.8 Å². The Labute approximate surface area is 155 Å². The van der Waals surface area contributed by atoms with Gasteiger partial charge in [-0.2, -0.15) is 13.2 Å². The van der Waals surface area contributed by atoms with Crippen molar-refractivity contribution in [1.29, 1.82) is 0 Å². The molecule has 0 saturated carbocycles. The first-order valence-electron chi connectivity index (χ1n) is 7.30. The summed E-state index contributed by atoms with van der Waals surface area (Å²) in [7, 11) is 0. The van der Waals surface area contributed by atoms with E-state index in [-0.39, 0.29) is 27.8 Å². The van der Waals surface area contributed by atoms with Crippen molar-refractivity contribution in [2.75, 3.05) is 0 Å². The summed E-state index contributed by atoms with van der Waals surface area (Å²) in [6, 6.07) is 5.94. The second kappa shape index (κ2) is 7.75. The van der Waals surface area contributed by atoms with E-state index in [1.54, 1.807) is 0 Å². The standard InChI is InChI=1S/C17H12ClF3O6/c1-8(15(22)23)26-13-5-3-10(7-11(13)16(24)25)27-14-4-2-9(6-12(14)18)17(19,20)21/h2-8H,1H3,(H,22,23)(H,24,25). The highest BCUT2D eigenvalue weighted by atomic mass is 35.5. The number of carboxylic acid groups (broad SMARTS) is 2. The highest BCUT2D eigenvalue weighted by Crippen LogP contribution is 2.37. The Morgan fingerprint density at radius 3 is 2.22 bits per heavy atom. The van der Waals surface area contributed by atoms with E-state index in [2.05, 4.69) is 0 Å². The van der Waals surface area contributed by atoms with Crippen LogP contribution >= 0.6 is 11.6 Å². The van der Waals surface area contributed by atoms with Gasteiger partial charge in [0.05, 0.1) is 10.6 Å². The van der Waals surface area contributed by atoms with Gasteiger partial charge in [0.25, 0.3) is 0 Å². The number of rotatable bonds is 6. The first-order chi connectivity index (χ1) is 12.5. The van der Waals surface area contributed by atoms with Crippen molar-refractivity contribution in [2.24, 2.45) is 0 Å². The van der Waals surface area contributed by atoms with Crippen LogP contribution in [0.3, 0.4) is 0 Å². The van der Waals surface area contributed by atoms with Crippen molar-refractivity contribution in [3.05, 3.63) is 52.5 Å². The lowest BCUT2D eigenvalue weighted by Gasteiger charge is -2.15. The number of alkyl halides is 3. The smallest absolute Gasteiger partial charge is 0.416 e. The lowest BCUT2D eigenvalue weighted by atomic mass is 10.2. The molecule has 2 aromatic rings. The van der Waals surface area contributed by atoms with Gasteiger partial charge >= 0.3 is 18.1 Å². The number of aromatic carboxylic acids is 1. The number of halogens is 4. The van der Waals surface area contributed by atoms with Gasteiger partial charge in [0, 0.05) is 0 Å². The second-order valence-corrected chi connectivity index (χ2v) is 5.71. The average molecular weight is 405 g/mol. The van der Waals surface area contributed by atoms with Crippen molar-refractivity contribution in [3.63, 3.8) is 0 Å². The Kier molecular flexibility index (Phi) is 5.85. The molecule has 0 aliphatic rings. The number of carboxylic acids is 2. The Bertz CT molecular complexity index is 881. The van der Waals surface area contributed by atoms with E-state index in [4.69, 9.17) is 26.2 Å². The van der Waals surface area contributed by atoms with Gasteiger partial charge in [0.1, 0.15) is 22.8 Å². The minimum Gasteiger partial charge on any atom is -0.479 e. The first kappa shape index (κ1) is 20.4. The maximum Gasteiger partial charge on any atom is 0.416 e. The number of hydrogen-bond donors (Lipinski definition) is 2. The Balaban J connectivity index is 2.31. The van der Waals surface area contributed by atoms with E-state index in [1.807, 2.05) is 0 Å². The van der Waals surface area contributed by atoms with Gasteiger partial charge in [-0.25, -0.2) is 9.59 Å². The lowest BCUT2D eigenvalue weighted by molar-refractivity contribution is -0.144. The van der Waals surface area contributed by atoms with Crippen molar-refractivity contribution < 1.29 is 42.4 Å². The quantitative estimate of drug-likeness (QED) is 0.724. The molecule has 2 aromatic carbocycles. The summed E-state index contributed by atoms with van der Waals surface area (Å²) >= 11 is 5.79. The molecule has 0 spiro atoms. The molecular formula is C17H12ClF3O6. The third-order valence-electron chi connectivity index (χ3n) is 3.32. The molecule has 1 unspecified atom stereocenters. The van der Waals surface area contributed by atoms with Crippen molar-refractivity contribution >= 4 is 23.5 Å². The van der Waals surface area contributed by atoms with Crippen LogP contribution in [-0.2, 0) is 11.0 Å². The van der Waals surface area contributed by atoms with E-state index < -0.39 is 29.8 Å². The zero-order valence-electron chi connectivity index (χ0n) is 13.6. The number of hydrogen-bond acceptors (Lipinski definition) is 4. The molecule has 0 fully saturated rings. The van der Waals surface area contributed by atoms with E-state index in [1.165, 1.54) is 19.1 Å². The summed E-state index contributed by atoms with van der Waals surface area (Å²) in [6.45, 7) is 1.22. The Morgan fingerprint density at radius 2 is 1.70 bits per heavy atom. The normalized spacial score (nSPS) is 12.3. The van der Waals surface area contributed by atoms with Crippen LogP contribution in [0.5, 0.6) is 17.2 Å². The highest BCUT2D eigenvalue weighted by molar-refractivity contribution is 6.32. The fraction of sp³-hybridized carbons (Fsp3) is 0.176. The Hall–Kier alpha value is -2.94. The molecule has 0 amide bonds. The third-order valence-corrected chi connectivity index (χ3v) is 3.62. The van der Waals surface area contributed by atoms with Gasteiger partial charge in [0.15, 0.2) is 6.10 Å². The van der Waals surface area contributed by atoms with Crippen LogP contribution in [0.25, 0.3) is 0 Å². The predicted molar refractivity (Wildman–Crippen MR) is 87.7 cm³/mol. The first-order valence-corrected chi connectivity index (χ1v) is 7.68. The summed E-state index contributed by atoms with van der Waals surface area (Å²) in [6.07, 6.45) is -5.86. The number of ether oxygens (including phenoxy) is 2. The summed E-state index contributed by atoms with van der Waals surface area (Å²) in [5.74, 6) is -3.06. The van der Waals surface area contributed by atoms with E-state index in [0.29, 0.717) is 6.07 Å². The monoisotopic (exact) mass is 404 g/mol. The van der Waals surface area contributed by atoms with Gasteiger partial charge in [-0.05, 0) is 43.3 Å². The molecule has 1 atom stereocenters. The molecule has 0 bridgehead atoms. The topological polar surface area (TPSA) is 93.1 Å². The van der Waals surface area contributed by atoms with Crippen LogP contribution in [0.2, 0.25) is 5.02 Å². The average Bonchev–Trinajstić information content (AvgIpc) is 2.56. The molecule has 27 heavy (non-hydrogen) atoms. The van der Waals surface area contributed by atoms with Crippen LogP contribution in [-0.4, -0.2) is 28.3 Å². The maximum absolute atomic E-state index is 12.7. The molecular weight excluding hydrogens is 393 g/mol. The van der Waals surface area contributed by atoms with Gasteiger partial charge in [-0.1, -0.05) is 11.6 Å². The van der Waals surface area contributed by atoms with Crippen molar-refractivity contribution in [3.8, 4) is 17.2 Å². The van der Waals surface area contributed by atoms with Crippen LogP contribution in [0, 0.1) is 0 Å². The number of benzene rings is 2. The zero-order valence-corrected chi connectivity index (χ0v) is 14.3. The second-order valence-electron chi connectivity index (χ2n) is 5.31. The van der Waals surface area contributed by atoms with E-state index in [9.17, 15) is 27.9 Å². The summed E-state index contributed by atoms with van der Waals surface area (Å²) in [4.78, 5) is 22.2. The van der Waals surface area contributed by atoms with Crippen molar-refractivity contribution in [2.45, 2.75) is 19.2 Å². The van der Waals surface area contributed by atoms with Gasteiger partial charge in [-0.15, -0.1) is 0 Å². The van der Waals surface area contributed by atoms with Gasteiger partial charge in [-0.3, -0.25) is 0 Å². The molecule has 10 heteroatoms. The minimum atomic E-state index is -4.57. The summed E-state index contributed by atoms with van der Waals surface area (Å²) in [5.41, 5.74) is -1.35. The fourth-order valence-corrected chi connectivity index (χ4v) is 2.19. The van der Waals surface area contributed by atoms with Gasteiger partial charge < -0.3 is 19.7 Å². The SMILES string of the molecule is CC(Oc1ccc(Oc2ccc(C(F)(F)F)cc2Cl)cc1C(=O)O)C(=O)O. The molecule has 0 aliphatic carbocycles. The van der Waals surface area contributed by atoms with Crippen LogP contribution in [0.15, 0.2) is 36.4 Å². The molecule has 0 heterocycles. The third kappa shape index (κ3) is 5.04. The molecule has 0 aliphatic heterocycles. The van der Waals surface area contributed by atoms with Crippen LogP contribution < -0.4 is 9.47 Å². The molecule has 6 nitrogen and oxygen atoms in total. The Morgan fingerprint density at radius 1 is 1.07 bits per heavy atom. The summed E-state index contributed by atoms with van der Waals surface area (Å²) < 4.78 is 48.4. The largest absolute Gasteiger partial charge is 0.479 e. The summed E-state index contributed by atoms with van der Waals surface area (Å²) in [5, 5.41) is 17.8. The lowest BCUT2D eigenvalue weighted by Crippen LogP contribution is -2.23. The predicted octanol–water partition coefficient (Wildman–Crippen LogP) is 4.70. The van der Waals surface area contributed by atoms with E-state index >= 15 is 0 Å². The van der Waals surface area contributed by atoms with Crippen LogP contribution in [0.4, 0.5) is 13.2 Å². The number of aliphatic carboxylic acids is 1. The fourth-order valence-electron chi connectivity index (χ4n) is 1.97. The van der Waals surface area contributed by atoms with E-state index in [0.717, 1.165) is 18.2 Å².